The molecule has 0 aliphatic rings. The molecule has 0 radical (unpaired) electrons. The number of hydrogen-bond acceptors (Lipinski definition) is 4. The molecule has 0 aliphatic carbocycles. The fraction of sp³-hybridized carbons (Fsp3) is 0.231. The minimum absolute atomic E-state index is 0.0584. The quantitative estimate of drug-likeness (QED) is 0.844. The lowest BCUT2D eigenvalue weighted by Crippen LogP contribution is -2.23. The Balaban J connectivity index is 2.15. The van der Waals surface area contributed by atoms with E-state index in [1.165, 1.54) is 11.3 Å². The molecule has 4 nitrogen and oxygen atoms in total. The Morgan fingerprint density at radius 2 is 2.00 bits per heavy atom. The second kappa shape index (κ2) is 6.36. The Labute approximate surface area is 130 Å². The molecule has 2 aromatic rings. The van der Waals surface area contributed by atoms with E-state index in [1.807, 2.05) is 6.07 Å². The van der Waals surface area contributed by atoms with E-state index in [4.69, 9.17) is 5.11 Å². The van der Waals surface area contributed by atoms with Crippen molar-refractivity contribution in [2.45, 2.75) is 25.0 Å². The topological polar surface area (TPSA) is 66.4 Å². The number of sulfonamides is 1. The van der Waals surface area contributed by atoms with E-state index in [2.05, 4.69) is 20.7 Å². The molecule has 0 spiro atoms. The maximum atomic E-state index is 12.2. The number of nitrogens with one attached hydrogen (secondary N) is 1. The van der Waals surface area contributed by atoms with Gasteiger partial charge in [0, 0.05) is 11.4 Å². The molecule has 0 bridgehead atoms. The van der Waals surface area contributed by atoms with Gasteiger partial charge >= 0.3 is 0 Å². The maximum absolute atomic E-state index is 12.2. The zero-order chi connectivity index (χ0) is 14.8. The summed E-state index contributed by atoms with van der Waals surface area (Å²) in [6, 6.07) is 8.78. The van der Waals surface area contributed by atoms with Crippen molar-refractivity contribution in [3.63, 3.8) is 0 Å². The molecule has 0 aliphatic heterocycles. The van der Waals surface area contributed by atoms with Gasteiger partial charge in [-0.2, -0.15) is 0 Å². The van der Waals surface area contributed by atoms with Gasteiger partial charge in [-0.3, -0.25) is 0 Å². The molecule has 7 heteroatoms. The zero-order valence-corrected chi connectivity index (χ0v) is 14.0. The third kappa shape index (κ3) is 3.67. The van der Waals surface area contributed by atoms with E-state index in [0.29, 0.717) is 4.90 Å². The van der Waals surface area contributed by atoms with Gasteiger partial charge < -0.3 is 5.11 Å². The van der Waals surface area contributed by atoms with Crippen molar-refractivity contribution < 1.29 is 13.5 Å². The summed E-state index contributed by atoms with van der Waals surface area (Å²) in [6.45, 7) is 1.91. The minimum atomic E-state index is -3.52. The SMILES string of the molecule is Cc1sc(Br)cc1S(=O)(=O)NCc1cccc(CO)c1. The third-order valence-corrected chi connectivity index (χ3v) is 5.98. The van der Waals surface area contributed by atoms with Crippen LogP contribution in [0.1, 0.15) is 16.0 Å². The van der Waals surface area contributed by atoms with E-state index in [9.17, 15) is 8.42 Å². The Kier molecular flexibility index (Phi) is 4.98. The van der Waals surface area contributed by atoms with Gasteiger partial charge in [0.05, 0.1) is 15.3 Å². The number of halogens is 1. The summed E-state index contributed by atoms with van der Waals surface area (Å²) in [5.74, 6) is 0. The van der Waals surface area contributed by atoms with Crippen LogP contribution >= 0.6 is 27.3 Å². The molecule has 0 unspecified atom stereocenters. The summed E-state index contributed by atoms with van der Waals surface area (Å²) in [6.07, 6.45) is 0. The molecule has 2 rings (SSSR count). The highest BCUT2D eigenvalue weighted by molar-refractivity contribution is 9.11. The van der Waals surface area contributed by atoms with Gasteiger partial charge in [-0.1, -0.05) is 24.3 Å². The maximum Gasteiger partial charge on any atom is 0.242 e. The van der Waals surface area contributed by atoms with E-state index in [-0.39, 0.29) is 13.2 Å². The highest BCUT2D eigenvalue weighted by Crippen LogP contribution is 2.29. The molecule has 20 heavy (non-hydrogen) atoms. The fourth-order valence-electron chi connectivity index (χ4n) is 1.79. The van der Waals surface area contributed by atoms with Crippen LogP contribution in [0.5, 0.6) is 0 Å². The van der Waals surface area contributed by atoms with Crippen LogP contribution in [0.25, 0.3) is 0 Å². The first-order chi connectivity index (χ1) is 9.42. The molecule has 1 heterocycles. The van der Waals surface area contributed by atoms with Crippen molar-refractivity contribution in [2.75, 3.05) is 0 Å². The van der Waals surface area contributed by atoms with Gasteiger partial charge in [0.15, 0.2) is 0 Å². The first-order valence-corrected chi connectivity index (χ1v) is 8.96. The van der Waals surface area contributed by atoms with Gasteiger partial charge in [-0.25, -0.2) is 13.1 Å². The number of hydrogen-bond donors (Lipinski definition) is 2. The van der Waals surface area contributed by atoms with Crippen molar-refractivity contribution in [3.05, 3.63) is 50.1 Å². The first-order valence-electron chi connectivity index (χ1n) is 5.86. The summed E-state index contributed by atoms with van der Waals surface area (Å²) in [7, 11) is -3.52. The second-order valence-electron chi connectivity index (χ2n) is 4.27. The molecule has 0 fully saturated rings. The molecule has 0 saturated carbocycles. The summed E-state index contributed by atoms with van der Waals surface area (Å²) in [5, 5.41) is 9.06. The highest BCUT2D eigenvalue weighted by Gasteiger charge is 2.19. The molecular weight excluding hydrogens is 362 g/mol. The van der Waals surface area contributed by atoms with Crippen LogP contribution in [-0.4, -0.2) is 13.5 Å². The van der Waals surface area contributed by atoms with E-state index < -0.39 is 10.0 Å². The Bertz CT molecular complexity index is 710. The van der Waals surface area contributed by atoms with Crippen LogP contribution in [0.2, 0.25) is 0 Å². The summed E-state index contributed by atoms with van der Waals surface area (Å²) in [5.41, 5.74) is 1.57. The first kappa shape index (κ1) is 15.7. The number of aryl methyl sites for hydroxylation is 1. The molecule has 1 aromatic heterocycles. The summed E-state index contributed by atoms with van der Waals surface area (Å²) >= 11 is 4.68. The van der Waals surface area contributed by atoms with Crippen molar-refractivity contribution in [3.8, 4) is 0 Å². The predicted octanol–water partition coefficient (Wildman–Crippen LogP) is 2.79. The van der Waals surface area contributed by atoms with Crippen molar-refractivity contribution in [1.29, 1.82) is 0 Å². The standard InChI is InChI=1S/C13H14BrNO3S2/c1-9-12(6-13(14)19-9)20(17,18)15-7-10-3-2-4-11(5-10)8-16/h2-6,15-16H,7-8H2,1H3. The predicted molar refractivity (Wildman–Crippen MR) is 83.1 cm³/mol. The Morgan fingerprint density at radius 1 is 1.30 bits per heavy atom. The molecule has 0 amide bonds. The van der Waals surface area contributed by atoms with Gasteiger partial charge in [-0.05, 0) is 40.0 Å². The summed E-state index contributed by atoms with van der Waals surface area (Å²) < 4.78 is 27.8. The lowest BCUT2D eigenvalue weighted by Gasteiger charge is -2.07. The van der Waals surface area contributed by atoms with Gasteiger partial charge in [0.1, 0.15) is 0 Å². The van der Waals surface area contributed by atoms with E-state index >= 15 is 0 Å². The van der Waals surface area contributed by atoms with Gasteiger partial charge in [-0.15, -0.1) is 11.3 Å². The largest absolute Gasteiger partial charge is 0.392 e. The lowest BCUT2D eigenvalue weighted by molar-refractivity contribution is 0.281. The fourth-order valence-corrected chi connectivity index (χ4v) is 5.22. The van der Waals surface area contributed by atoms with E-state index in [1.54, 1.807) is 31.2 Å². The van der Waals surface area contributed by atoms with Crippen LogP contribution in [0.4, 0.5) is 0 Å². The second-order valence-corrected chi connectivity index (χ2v) is 8.64. The van der Waals surface area contributed by atoms with Gasteiger partial charge in [0.2, 0.25) is 10.0 Å². The average molecular weight is 376 g/mol. The number of aliphatic hydroxyl groups excluding tert-OH is 1. The van der Waals surface area contributed by atoms with Crippen molar-refractivity contribution in [1.82, 2.24) is 4.72 Å². The molecule has 0 atom stereocenters. The van der Waals surface area contributed by atoms with Gasteiger partial charge in [0.25, 0.3) is 0 Å². The molecule has 1 aromatic carbocycles. The molecule has 0 saturated heterocycles. The number of aliphatic hydroxyl groups is 1. The highest BCUT2D eigenvalue weighted by atomic mass is 79.9. The third-order valence-electron chi connectivity index (χ3n) is 2.77. The van der Waals surface area contributed by atoms with Crippen LogP contribution < -0.4 is 4.72 Å². The van der Waals surface area contributed by atoms with Crippen LogP contribution in [0, 0.1) is 6.92 Å². The lowest BCUT2D eigenvalue weighted by atomic mass is 10.1. The smallest absolute Gasteiger partial charge is 0.242 e. The van der Waals surface area contributed by atoms with Crippen LogP contribution in [0.15, 0.2) is 39.0 Å². The molecule has 2 N–H and O–H groups in total. The normalized spacial score (nSPS) is 11.8. The average Bonchev–Trinajstić information content (AvgIpc) is 2.77. The van der Waals surface area contributed by atoms with Crippen LogP contribution in [-0.2, 0) is 23.2 Å². The summed E-state index contributed by atoms with van der Waals surface area (Å²) in [4.78, 5) is 1.04. The molecule has 108 valence electrons. The zero-order valence-electron chi connectivity index (χ0n) is 10.8. The Hall–Kier alpha value is -0.730. The van der Waals surface area contributed by atoms with Crippen molar-refractivity contribution in [2.24, 2.45) is 0 Å². The van der Waals surface area contributed by atoms with Crippen molar-refractivity contribution >= 4 is 37.3 Å². The monoisotopic (exact) mass is 375 g/mol. The van der Waals surface area contributed by atoms with E-state index in [0.717, 1.165) is 19.8 Å². The number of benzene rings is 1. The Morgan fingerprint density at radius 3 is 2.60 bits per heavy atom. The molecular formula is C13H14BrNO3S2. The van der Waals surface area contributed by atoms with Crippen LogP contribution in [0.3, 0.4) is 0 Å². The number of thiophene rings is 1. The minimum Gasteiger partial charge on any atom is -0.392 e. The number of rotatable bonds is 5.